The number of aromatic amines is 1. The highest BCUT2D eigenvalue weighted by molar-refractivity contribution is 7.99. The average molecular weight is 307 g/mol. The number of ether oxygens (including phenoxy) is 1. The third kappa shape index (κ3) is 4.22. The zero-order valence-electron chi connectivity index (χ0n) is 11.0. The number of nitrogens with zero attached hydrogens (tertiary/aromatic N) is 1. The Morgan fingerprint density at radius 3 is 2.89 bits per heavy atom. The first-order chi connectivity index (χ1) is 8.92. The van der Waals surface area contributed by atoms with Crippen molar-refractivity contribution in [3.8, 4) is 0 Å². The van der Waals surface area contributed by atoms with Crippen LogP contribution >= 0.6 is 11.8 Å². The molecule has 1 atom stereocenters. The van der Waals surface area contributed by atoms with Crippen molar-refractivity contribution in [1.82, 2.24) is 14.9 Å². The first-order valence-corrected chi connectivity index (χ1v) is 8.42. The lowest BCUT2D eigenvalue weighted by Crippen LogP contribution is -2.30. The van der Waals surface area contributed by atoms with Gasteiger partial charge in [-0.15, -0.1) is 0 Å². The van der Waals surface area contributed by atoms with Crippen molar-refractivity contribution >= 4 is 27.8 Å². The Morgan fingerprint density at radius 1 is 1.63 bits per heavy atom. The summed E-state index contributed by atoms with van der Waals surface area (Å²) in [5.41, 5.74) is -0.0915. The van der Waals surface area contributed by atoms with E-state index in [4.69, 9.17) is 4.74 Å². The summed E-state index contributed by atoms with van der Waals surface area (Å²) in [6.45, 7) is 3.97. The Hall–Kier alpha value is -1.06. The zero-order chi connectivity index (χ0) is 14.5. The van der Waals surface area contributed by atoms with Crippen molar-refractivity contribution in [2.75, 3.05) is 19.4 Å². The van der Waals surface area contributed by atoms with Crippen molar-refractivity contribution in [2.45, 2.75) is 24.1 Å². The summed E-state index contributed by atoms with van der Waals surface area (Å²) in [7, 11) is -3.80. The topological polar surface area (TPSA) is 101 Å². The lowest BCUT2D eigenvalue weighted by molar-refractivity contribution is 0.0522. The fraction of sp³-hybridized carbons (Fsp3) is 0.600. The van der Waals surface area contributed by atoms with Crippen molar-refractivity contribution in [1.29, 1.82) is 0 Å². The lowest BCUT2D eigenvalue weighted by atomic mass is 10.4. The summed E-state index contributed by atoms with van der Waals surface area (Å²) < 4.78 is 31.3. The highest BCUT2D eigenvalue weighted by Gasteiger charge is 2.25. The Kier molecular flexibility index (Phi) is 5.83. The molecular formula is C10H17N3O4S2. The van der Waals surface area contributed by atoms with Gasteiger partial charge in [0.05, 0.1) is 12.8 Å². The van der Waals surface area contributed by atoms with Gasteiger partial charge in [-0.3, -0.25) is 5.10 Å². The largest absolute Gasteiger partial charge is 0.462 e. The van der Waals surface area contributed by atoms with Gasteiger partial charge in [-0.2, -0.15) is 16.9 Å². The van der Waals surface area contributed by atoms with E-state index < -0.39 is 16.0 Å². The van der Waals surface area contributed by atoms with Crippen LogP contribution in [0.2, 0.25) is 0 Å². The van der Waals surface area contributed by atoms with Crippen LogP contribution in [-0.2, 0) is 14.8 Å². The average Bonchev–Trinajstić information content (AvgIpc) is 2.86. The van der Waals surface area contributed by atoms with Gasteiger partial charge in [0, 0.05) is 11.8 Å². The molecule has 0 fully saturated rings. The van der Waals surface area contributed by atoms with E-state index in [0.717, 1.165) is 6.20 Å². The Bertz CT molecular complexity index is 527. The molecule has 0 spiro atoms. The van der Waals surface area contributed by atoms with Gasteiger partial charge < -0.3 is 4.74 Å². The monoisotopic (exact) mass is 307 g/mol. The van der Waals surface area contributed by atoms with Crippen molar-refractivity contribution in [3.63, 3.8) is 0 Å². The quantitative estimate of drug-likeness (QED) is 0.716. The molecule has 1 unspecified atom stereocenters. The van der Waals surface area contributed by atoms with Gasteiger partial charge in [0.2, 0.25) is 0 Å². The molecule has 7 nitrogen and oxygen atoms in total. The van der Waals surface area contributed by atoms with E-state index in [-0.39, 0.29) is 29.0 Å². The van der Waals surface area contributed by atoms with E-state index in [2.05, 4.69) is 14.9 Å². The smallest absolute Gasteiger partial charge is 0.342 e. The van der Waals surface area contributed by atoms with Gasteiger partial charge in [-0.25, -0.2) is 17.9 Å². The molecular weight excluding hydrogens is 290 g/mol. The number of thioether (sulfide) groups is 1. The van der Waals surface area contributed by atoms with E-state index >= 15 is 0 Å². The first kappa shape index (κ1) is 16.0. The van der Waals surface area contributed by atoms with Gasteiger partial charge in [-0.05, 0) is 13.2 Å². The molecule has 0 saturated carbocycles. The van der Waals surface area contributed by atoms with Gasteiger partial charge in [0.1, 0.15) is 5.56 Å². The standard InChI is InChI=1S/C10H17N3O4S2/c1-4-17-10(14)8-6-11-13-9(8)19(15,16)12-5-7(2)18-3/h6-7,12H,4-5H2,1-3H3,(H,11,13). The summed E-state index contributed by atoms with van der Waals surface area (Å²) >= 11 is 1.54. The van der Waals surface area contributed by atoms with Gasteiger partial charge in [0.15, 0.2) is 5.03 Å². The number of hydrogen-bond donors (Lipinski definition) is 2. The normalized spacial score (nSPS) is 13.2. The minimum atomic E-state index is -3.80. The number of hydrogen-bond acceptors (Lipinski definition) is 6. The summed E-state index contributed by atoms with van der Waals surface area (Å²) in [6.07, 6.45) is 3.03. The van der Waals surface area contributed by atoms with E-state index in [0.29, 0.717) is 0 Å². The molecule has 0 amide bonds. The fourth-order valence-electron chi connectivity index (χ4n) is 1.22. The van der Waals surface area contributed by atoms with Crippen LogP contribution in [-0.4, -0.2) is 49.2 Å². The maximum atomic E-state index is 12.0. The molecule has 1 aromatic heterocycles. The molecule has 2 N–H and O–H groups in total. The molecule has 0 bridgehead atoms. The zero-order valence-corrected chi connectivity index (χ0v) is 12.6. The maximum Gasteiger partial charge on any atom is 0.342 e. The van der Waals surface area contributed by atoms with Crippen LogP contribution in [0.25, 0.3) is 0 Å². The van der Waals surface area contributed by atoms with Crippen molar-refractivity contribution < 1.29 is 17.9 Å². The number of rotatable bonds is 7. The fourth-order valence-corrected chi connectivity index (χ4v) is 2.78. The SMILES string of the molecule is CCOC(=O)c1cn[nH]c1S(=O)(=O)NCC(C)SC. The number of nitrogens with one attached hydrogen (secondary N) is 2. The second-order valence-corrected chi connectivity index (χ2v) is 6.71. The molecule has 9 heteroatoms. The van der Waals surface area contributed by atoms with Crippen LogP contribution in [0.3, 0.4) is 0 Å². The molecule has 0 aliphatic carbocycles. The Labute approximate surface area is 116 Å². The molecule has 1 heterocycles. The maximum absolute atomic E-state index is 12.0. The summed E-state index contributed by atoms with van der Waals surface area (Å²) in [6, 6.07) is 0. The Morgan fingerprint density at radius 2 is 2.32 bits per heavy atom. The van der Waals surface area contributed by atoms with Crippen LogP contribution in [0.4, 0.5) is 0 Å². The highest BCUT2D eigenvalue weighted by atomic mass is 32.2. The minimum absolute atomic E-state index is 0.0915. The Balaban J connectivity index is 2.90. The number of esters is 1. The molecule has 0 aliphatic rings. The minimum Gasteiger partial charge on any atom is -0.462 e. The number of aromatic nitrogens is 2. The summed E-state index contributed by atoms with van der Waals surface area (Å²) in [5, 5.41) is 5.77. The van der Waals surface area contributed by atoms with E-state index in [9.17, 15) is 13.2 Å². The summed E-state index contributed by atoms with van der Waals surface area (Å²) in [5.74, 6) is -0.713. The molecule has 0 radical (unpaired) electrons. The van der Waals surface area contributed by atoms with Crippen LogP contribution in [0.5, 0.6) is 0 Å². The molecule has 0 aliphatic heterocycles. The third-order valence-corrected chi connectivity index (χ3v) is 4.70. The van der Waals surface area contributed by atoms with Gasteiger partial charge in [0.25, 0.3) is 10.0 Å². The first-order valence-electron chi connectivity index (χ1n) is 5.65. The number of carbonyl (C=O) groups is 1. The second-order valence-electron chi connectivity index (χ2n) is 3.73. The van der Waals surface area contributed by atoms with Crippen LogP contribution in [0, 0.1) is 0 Å². The van der Waals surface area contributed by atoms with E-state index in [1.54, 1.807) is 6.92 Å². The molecule has 108 valence electrons. The number of H-pyrrole nitrogens is 1. The highest BCUT2D eigenvalue weighted by Crippen LogP contribution is 2.13. The van der Waals surface area contributed by atoms with Crippen LogP contribution < -0.4 is 4.72 Å². The lowest BCUT2D eigenvalue weighted by Gasteiger charge is -2.10. The third-order valence-electron chi connectivity index (χ3n) is 2.33. The van der Waals surface area contributed by atoms with Crippen molar-refractivity contribution in [3.05, 3.63) is 11.8 Å². The van der Waals surface area contributed by atoms with E-state index in [1.165, 1.54) is 11.8 Å². The number of sulfonamides is 1. The molecule has 1 rings (SSSR count). The van der Waals surface area contributed by atoms with Crippen LogP contribution in [0.15, 0.2) is 11.2 Å². The predicted molar refractivity (Wildman–Crippen MR) is 72.7 cm³/mol. The predicted octanol–water partition coefficient (Wildman–Crippen LogP) is 0.616. The molecule has 19 heavy (non-hydrogen) atoms. The molecule has 0 aromatic carbocycles. The summed E-state index contributed by atoms with van der Waals surface area (Å²) in [4.78, 5) is 11.6. The van der Waals surface area contributed by atoms with E-state index in [1.807, 2.05) is 13.2 Å². The second kappa shape index (κ2) is 6.92. The van der Waals surface area contributed by atoms with Gasteiger partial charge >= 0.3 is 5.97 Å². The van der Waals surface area contributed by atoms with Crippen LogP contribution in [0.1, 0.15) is 24.2 Å². The molecule has 1 aromatic rings. The van der Waals surface area contributed by atoms with Crippen molar-refractivity contribution in [2.24, 2.45) is 0 Å². The number of carbonyl (C=O) groups excluding carboxylic acids is 1. The molecule has 0 saturated heterocycles. The van der Waals surface area contributed by atoms with Gasteiger partial charge in [-0.1, -0.05) is 6.92 Å².